The van der Waals surface area contributed by atoms with Crippen LogP contribution in [0.4, 0.5) is 0 Å². The third kappa shape index (κ3) is 8.36. The van der Waals surface area contributed by atoms with Crippen molar-refractivity contribution >= 4 is 21.8 Å². The predicted molar refractivity (Wildman–Crippen MR) is 136 cm³/mol. The number of hydrogen-bond acceptors (Lipinski definition) is 5. The molecule has 35 heavy (non-hydrogen) atoms. The molecule has 1 atom stereocenters. The largest absolute Gasteiger partial charge is 0.497 e. The minimum atomic E-state index is -3.63. The molecular weight excluding hydrogens is 466 g/mol. The molecular formula is C26H37N3O5S. The second kappa shape index (κ2) is 12.2. The highest BCUT2D eigenvalue weighted by Gasteiger charge is 2.28. The molecule has 0 aliphatic carbocycles. The van der Waals surface area contributed by atoms with Crippen LogP contribution in [0, 0.1) is 0 Å². The maximum Gasteiger partial charge on any atom is 0.242 e. The van der Waals surface area contributed by atoms with Gasteiger partial charge in [-0.25, -0.2) is 12.7 Å². The van der Waals surface area contributed by atoms with E-state index >= 15 is 0 Å². The Morgan fingerprint density at radius 3 is 2.17 bits per heavy atom. The summed E-state index contributed by atoms with van der Waals surface area (Å²) >= 11 is 0. The molecule has 0 radical (unpaired) electrons. The Bertz CT molecular complexity index is 1080. The highest BCUT2D eigenvalue weighted by atomic mass is 32.2. The zero-order chi connectivity index (χ0) is 26.2. The van der Waals surface area contributed by atoms with Crippen LogP contribution >= 0.6 is 0 Å². The van der Waals surface area contributed by atoms with E-state index in [1.807, 2.05) is 32.9 Å². The number of nitrogens with zero attached hydrogens (tertiary/aromatic N) is 2. The number of benzene rings is 2. The van der Waals surface area contributed by atoms with Gasteiger partial charge in [0.15, 0.2) is 0 Å². The second-order valence-electron chi connectivity index (χ2n) is 9.53. The number of ether oxygens (including phenoxy) is 1. The predicted octanol–water partition coefficient (Wildman–Crippen LogP) is 3.43. The second-order valence-corrected chi connectivity index (χ2v) is 11.6. The Hall–Kier alpha value is -2.91. The van der Waals surface area contributed by atoms with E-state index in [2.05, 4.69) is 5.32 Å². The maximum absolute atomic E-state index is 13.2. The Morgan fingerprint density at radius 2 is 1.63 bits per heavy atom. The van der Waals surface area contributed by atoms with Crippen LogP contribution in [0.1, 0.15) is 46.1 Å². The third-order valence-corrected chi connectivity index (χ3v) is 7.36. The zero-order valence-electron chi connectivity index (χ0n) is 21.4. The molecule has 0 saturated carbocycles. The van der Waals surface area contributed by atoms with Gasteiger partial charge in [-0.1, -0.05) is 30.3 Å². The lowest BCUT2D eigenvalue weighted by molar-refractivity contribution is -0.141. The maximum atomic E-state index is 13.2. The first-order valence-corrected chi connectivity index (χ1v) is 13.0. The van der Waals surface area contributed by atoms with Crippen LogP contribution in [0.2, 0.25) is 0 Å². The summed E-state index contributed by atoms with van der Waals surface area (Å²) in [7, 11) is -0.547. The molecule has 0 unspecified atom stereocenters. The van der Waals surface area contributed by atoms with Crippen LogP contribution in [-0.4, -0.2) is 61.7 Å². The molecule has 0 heterocycles. The lowest BCUT2D eigenvalue weighted by Gasteiger charge is -2.31. The van der Waals surface area contributed by atoms with Crippen LogP contribution in [0.3, 0.4) is 0 Å². The Labute approximate surface area is 209 Å². The van der Waals surface area contributed by atoms with Crippen molar-refractivity contribution in [3.8, 4) is 5.75 Å². The SMILES string of the molecule is COc1ccc(CN(C(=O)CCCN(C)S(=O)(=O)c2ccccc2)[C@@H](C)C(=O)NC(C)(C)C)cc1. The van der Waals surface area contributed by atoms with Crippen LogP contribution in [0.5, 0.6) is 5.75 Å². The molecule has 0 spiro atoms. The number of carbonyl (C=O) groups excluding carboxylic acids is 2. The van der Waals surface area contributed by atoms with Crippen molar-refractivity contribution < 1.29 is 22.7 Å². The lowest BCUT2D eigenvalue weighted by Crippen LogP contribution is -2.52. The van der Waals surface area contributed by atoms with Crippen molar-refractivity contribution in [2.45, 2.75) is 63.6 Å². The number of methoxy groups -OCH3 is 1. The Morgan fingerprint density at radius 1 is 1.03 bits per heavy atom. The summed E-state index contributed by atoms with van der Waals surface area (Å²) in [6.45, 7) is 7.79. The highest BCUT2D eigenvalue weighted by Crippen LogP contribution is 2.18. The molecule has 1 N–H and O–H groups in total. The molecule has 0 aliphatic rings. The van der Waals surface area contributed by atoms with E-state index in [1.165, 1.54) is 16.3 Å². The van der Waals surface area contributed by atoms with E-state index in [0.29, 0.717) is 12.2 Å². The van der Waals surface area contributed by atoms with Crippen molar-refractivity contribution in [2.24, 2.45) is 0 Å². The van der Waals surface area contributed by atoms with E-state index in [4.69, 9.17) is 4.74 Å². The molecule has 2 rings (SSSR count). The fraction of sp³-hybridized carbons (Fsp3) is 0.462. The Balaban J connectivity index is 2.11. The van der Waals surface area contributed by atoms with Crippen LogP contribution in [0.25, 0.3) is 0 Å². The Kier molecular flexibility index (Phi) is 9.85. The molecule has 9 heteroatoms. The van der Waals surface area contributed by atoms with Gasteiger partial charge < -0.3 is 15.0 Å². The summed E-state index contributed by atoms with van der Waals surface area (Å²) in [5, 5.41) is 2.93. The van der Waals surface area contributed by atoms with Gasteiger partial charge in [0.05, 0.1) is 12.0 Å². The van der Waals surface area contributed by atoms with Crippen molar-refractivity contribution in [2.75, 3.05) is 20.7 Å². The molecule has 0 aliphatic heterocycles. The lowest BCUT2D eigenvalue weighted by atomic mass is 10.1. The monoisotopic (exact) mass is 503 g/mol. The standard InChI is InChI=1S/C26H37N3O5S/c1-20(25(31)27-26(2,3)4)29(19-21-14-16-22(34-6)17-15-21)24(30)13-10-18-28(5)35(32,33)23-11-8-7-9-12-23/h7-9,11-12,14-17,20H,10,13,18-19H2,1-6H3,(H,27,31)/t20-/m0/s1. The van der Waals surface area contributed by atoms with E-state index in [9.17, 15) is 18.0 Å². The molecule has 0 saturated heterocycles. The van der Waals surface area contributed by atoms with Crippen molar-refractivity contribution in [3.63, 3.8) is 0 Å². The molecule has 8 nitrogen and oxygen atoms in total. The fourth-order valence-electron chi connectivity index (χ4n) is 3.47. The highest BCUT2D eigenvalue weighted by molar-refractivity contribution is 7.89. The van der Waals surface area contributed by atoms with Gasteiger partial charge in [-0.3, -0.25) is 9.59 Å². The molecule has 0 bridgehead atoms. The summed E-state index contributed by atoms with van der Waals surface area (Å²) in [4.78, 5) is 27.8. The minimum absolute atomic E-state index is 0.109. The smallest absolute Gasteiger partial charge is 0.242 e. The van der Waals surface area contributed by atoms with Gasteiger partial charge in [0, 0.05) is 32.1 Å². The van der Waals surface area contributed by atoms with Crippen molar-refractivity contribution in [3.05, 3.63) is 60.2 Å². The van der Waals surface area contributed by atoms with Crippen LogP contribution < -0.4 is 10.1 Å². The van der Waals surface area contributed by atoms with E-state index in [-0.39, 0.29) is 36.2 Å². The van der Waals surface area contributed by atoms with Gasteiger partial charge in [0.2, 0.25) is 21.8 Å². The zero-order valence-corrected chi connectivity index (χ0v) is 22.3. The molecule has 0 fully saturated rings. The fourth-order valence-corrected chi connectivity index (χ4v) is 4.70. The first-order valence-electron chi connectivity index (χ1n) is 11.6. The first-order chi connectivity index (χ1) is 16.3. The number of amides is 2. The summed E-state index contributed by atoms with van der Waals surface area (Å²) in [6, 6.07) is 14.8. The van der Waals surface area contributed by atoms with E-state index in [0.717, 1.165) is 5.56 Å². The van der Waals surface area contributed by atoms with E-state index < -0.39 is 21.6 Å². The molecule has 2 aromatic carbocycles. The van der Waals surface area contributed by atoms with Gasteiger partial charge in [-0.15, -0.1) is 0 Å². The van der Waals surface area contributed by atoms with Gasteiger partial charge in [0.1, 0.15) is 11.8 Å². The summed E-state index contributed by atoms with van der Waals surface area (Å²) < 4.78 is 31.9. The number of hydrogen-bond donors (Lipinski definition) is 1. The van der Waals surface area contributed by atoms with Crippen LogP contribution in [-0.2, 0) is 26.2 Å². The summed E-state index contributed by atoms with van der Waals surface area (Å²) in [5.41, 5.74) is 0.424. The molecule has 2 amide bonds. The van der Waals surface area contributed by atoms with Gasteiger partial charge in [0.25, 0.3) is 0 Å². The van der Waals surface area contributed by atoms with Crippen molar-refractivity contribution in [1.82, 2.24) is 14.5 Å². The summed E-state index contributed by atoms with van der Waals surface area (Å²) in [6.07, 6.45) is 0.437. The van der Waals surface area contributed by atoms with Crippen molar-refractivity contribution in [1.29, 1.82) is 0 Å². The number of nitrogens with one attached hydrogen (secondary N) is 1. The van der Waals surface area contributed by atoms with E-state index in [1.54, 1.807) is 56.5 Å². The van der Waals surface area contributed by atoms with Gasteiger partial charge in [-0.05, 0) is 63.9 Å². The van der Waals surface area contributed by atoms with Gasteiger partial charge in [-0.2, -0.15) is 0 Å². The normalized spacial score (nSPS) is 12.8. The molecule has 2 aromatic rings. The van der Waals surface area contributed by atoms with Gasteiger partial charge >= 0.3 is 0 Å². The quantitative estimate of drug-likeness (QED) is 0.507. The number of carbonyl (C=O) groups is 2. The molecule has 192 valence electrons. The number of sulfonamides is 1. The first kappa shape index (κ1) is 28.3. The topological polar surface area (TPSA) is 96.0 Å². The number of rotatable bonds is 11. The average Bonchev–Trinajstić information content (AvgIpc) is 2.81. The third-order valence-electron chi connectivity index (χ3n) is 5.49. The molecule has 0 aromatic heterocycles. The van der Waals surface area contributed by atoms with Crippen LogP contribution in [0.15, 0.2) is 59.5 Å². The average molecular weight is 504 g/mol. The minimum Gasteiger partial charge on any atom is -0.497 e. The summed E-state index contributed by atoms with van der Waals surface area (Å²) in [5.74, 6) is 0.235.